The summed E-state index contributed by atoms with van der Waals surface area (Å²) in [5, 5.41) is 3.99. The van der Waals surface area contributed by atoms with E-state index < -0.39 is 0 Å². The topological polar surface area (TPSA) is 77.7 Å². The largest absolute Gasteiger partial charge is 0.491 e. The summed E-state index contributed by atoms with van der Waals surface area (Å²) in [6.07, 6.45) is 3.43. The van der Waals surface area contributed by atoms with Crippen LogP contribution < -0.4 is 0 Å². The first kappa shape index (κ1) is 14.9. The average Bonchev–Trinajstić information content (AvgIpc) is 2.91. The van der Waals surface area contributed by atoms with E-state index in [0.29, 0.717) is 49.7 Å². The van der Waals surface area contributed by atoms with Gasteiger partial charge in [0.2, 0.25) is 11.6 Å². The van der Waals surface area contributed by atoms with Gasteiger partial charge in [0, 0.05) is 12.5 Å². The van der Waals surface area contributed by atoms with E-state index in [1.807, 2.05) is 6.92 Å². The lowest BCUT2D eigenvalue weighted by atomic mass is 9.85. The van der Waals surface area contributed by atoms with E-state index in [0.717, 1.165) is 12.8 Å². The van der Waals surface area contributed by atoms with Gasteiger partial charge in [-0.2, -0.15) is 4.98 Å². The van der Waals surface area contributed by atoms with Crippen LogP contribution in [0.3, 0.4) is 0 Å². The van der Waals surface area contributed by atoms with Crippen LogP contribution in [0.5, 0.6) is 0 Å². The van der Waals surface area contributed by atoms with Crippen molar-refractivity contribution >= 4 is 5.91 Å². The molecule has 1 saturated carbocycles. The van der Waals surface area contributed by atoms with E-state index in [-0.39, 0.29) is 11.7 Å². The van der Waals surface area contributed by atoms with Crippen LogP contribution in [0.25, 0.3) is 0 Å². The molecule has 2 heterocycles. The molecule has 1 aromatic rings. The van der Waals surface area contributed by atoms with Gasteiger partial charge in [-0.05, 0) is 26.7 Å². The van der Waals surface area contributed by atoms with Crippen molar-refractivity contribution in [1.82, 2.24) is 15.0 Å². The molecule has 1 fully saturated rings. The molecule has 120 valence electrons. The van der Waals surface area contributed by atoms with Gasteiger partial charge in [0.05, 0.1) is 6.54 Å². The first-order chi connectivity index (χ1) is 10.7. The van der Waals surface area contributed by atoms with Crippen molar-refractivity contribution in [3.05, 3.63) is 23.2 Å². The molecule has 3 rings (SSSR count). The number of rotatable bonds is 5. The zero-order valence-corrected chi connectivity index (χ0v) is 13.0. The predicted molar refractivity (Wildman–Crippen MR) is 76.6 cm³/mol. The Labute approximate surface area is 129 Å². The first-order valence-electron chi connectivity index (χ1n) is 7.77. The van der Waals surface area contributed by atoms with Crippen LogP contribution in [0, 0.1) is 0 Å². The van der Waals surface area contributed by atoms with Crippen LogP contribution in [0.1, 0.15) is 50.7 Å². The molecule has 7 heteroatoms. The number of allylic oxidation sites excluding steroid dienone is 1. The smallest absolute Gasteiger partial charge is 0.292 e. The van der Waals surface area contributed by atoms with Gasteiger partial charge in [0.1, 0.15) is 19.0 Å². The summed E-state index contributed by atoms with van der Waals surface area (Å²) in [6.45, 7) is 5.36. The number of carbonyl (C=O) groups excluding carboxylic acids is 1. The minimum atomic E-state index is -0.199. The Morgan fingerprint density at radius 2 is 2.09 bits per heavy atom. The van der Waals surface area contributed by atoms with E-state index in [2.05, 4.69) is 10.1 Å². The molecular formula is C15H21N3O4. The fourth-order valence-electron chi connectivity index (χ4n) is 2.51. The van der Waals surface area contributed by atoms with Gasteiger partial charge < -0.3 is 18.9 Å². The molecule has 0 atom stereocenters. The zero-order chi connectivity index (χ0) is 15.5. The molecule has 1 aliphatic carbocycles. The Hall–Kier alpha value is -2.05. The van der Waals surface area contributed by atoms with Crippen molar-refractivity contribution in [2.45, 2.75) is 45.6 Å². The number of hydrogen-bond acceptors (Lipinski definition) is 6. The highest BCUT2D eigenvalue weighted by Crippen LogP contribution is 2.35. The molecule has 0 unspecified atom stereocenters. The van der Waals surface area contributed by atoms with Gasteiger partial charge in [0.15, 0.2) is 5.82 Å². The number of aromatic nitrogens is 2. The number of amides is 1. The molecule has 2 aliphatic rings. The van der Waals surface area contributed by atoms with Gasteiger partial charge in [-0.3, -0.25) is 4.79 Å². The number of hydrogen-bond donors (Lipinski definition) is 0. The number of carbonyl (C=O) groups is 1. The molecule has 0 saturated heterocycles. The summed E-state index contributed by atoms with van der Waals surface area (Å²) in [6, 6.07) is 0. The average molecular weight is 307 g/mol. The maximum atomic E-state index is 12.5. The molecular weight excluding hydrogens is 286 g/mol. The minimum absolute atomic E-state index is 0.199. The third kappa shape index (κ3) is 2.93. The summed E-state index contributed by atoms with van der Waals surface area (Å²) in [5.41, 5.74) is 0. The van der Waals surface area contributed by atoms with Crippen molar-refractivity contribution in [1.29, 1.82) is 0 Å². The zero-order valence-electron chi connectivity index (χ0n) is 13.0. The van der Waals surface area contributed by atoms with Gasteiger partial charge in [-0.1, -0.05) is 11.6 Å². The number of nitrogens with zero attached hydrogens (tertiary/aromatic N) is 3. The molecule has 0 bridgehead atoms. The molecule has 22 heavy (non-hydrogen) atoms. The molecule has 0 spiro atoms. The standard InChI is InChI=1S/C15H21N3O4/c1-3-18(15(19)13-10(2)20-7-8-21-13)9-12-16-14(22-17-12)11-5-4-6-11/h11H,3-9H2,1-2H3. The van der Waals surface area contributed by atoms with Crippen molar-refractivity contribution in [3.8, 4) is 0 Å². The molecule has 0 aromatic carbocycles. The predicted octanol–water partition coefficient (Wildman–Crippen LogP) is 1.96. The number of likely N-dealkylation sites (N-methyl/N-ethyl adjacent to an activating group) is 1. The maximum Gasteiger partial charge on any atom is 0.292 e. The van der Waals surface area contributed by atoms with Gasteiger partial charge in [-0.25, -0.2) is 0 Å². The lowest BCUT2D eigenvalue weighted by Gasteiger charge is -2.24. The lowest BCUT2D eigenvalue weighted by molar-refractivity contribution is -0.133. The first-order valence-corrected chi connectivity index (χ1v) is 7.77. The van der Waals surface area contributed by atoms with Crippen molar-refractivity contribution in [2.75, 3.05) is 19.8 Å². The van der Waals surface area contributed by atoms with Crippen LogP contribution in [0.4, 0.5) is 0 Å². The van der Waals surface area contributed by atoms with Crippen LogP contribution in [0.15, 0.2) is 16.0 Å². The maximum absolute atomic E-state index is 12.5. The van der Waals surface area contributed by atoms with Crippen molar-refractivity contribution in [3.63, 3.8) is 0 Å². The second-order valence-electron chi connectivity index (χ2n) is 5.58. The van der Waals surface area contributed by atoms with Crippen LogP contribution in [-0.2, 0) is 20.8 Å². The van der Waals surface area contributed by atoms with Crippen LogP contribution in [0.2, 0.25) is 0 Å². The Morgan fingerprint density at radius 1 is 1.32 bits per heavy atom. The van der Waals surface area contributed by atoms with Crippen LogP contribution in [-0.4, -0.2) is 40.7 Å². The van der Waals surface area contributed by atoms with Crippen molar-refractivity contribution in [2.24, 2.45) is 0 Å². The van der Waals surface area contributed by atoms with Gasteiger partial charge >= 0.3 is 0 Å². The molecule has 1 amide bonds. The fraction of sp³-hybridized carbons (Fsp3) is 0.667. The summed E-state index contributed by atoms with van der Waals surface area (Å²) in [4.78, 5) is 18.6. The molecule has 0 N–H and O–H groups in total. The normalized spacial score (nSPS) is 18.5. The highest BCUT2D eigenvalue weighted by atomic mass is 16.6. The van der Waals surface area contributed by atoms with Crippen LogP contribution >= 0.6 is 0 Å². The SMILES string of the molecule is CCN(Cc1noc(C2CCC2)n1)C(=O)C1=C(C)OCCO1. The van der Waals surface area contributed by atoms with E-state index in [4.69, 9.17) is 14.0 Å². The van der Waals surface area contributed by atoms with E-state index in [1.54, 1.807) is 11.8 Å². The molecule has 1 aliphatic heterocycles. The lowest BCUT2D eigenvalue weighted by Crippen LogP contribution is -2.34. The summed E-state index contributed by atoms with van der Waals surface area (Å²) in [7, 11) is 0. The highest BCUT2D eigenvalue weighted by molar-refractivity contribution is 5.91. The second-order valence-corrected chi connectivity index (χ2v) is 5.58. The number of ether oxygens (including phenoxy) is 2. The summed E-state index contributed by atoms with van der Waals surface area (Å²) < 4.78 is 16.1. The second kappa shape index (κ2) is 6.37. The van der Waals surface area contributed by atoms with E-state index in [1.165, 1.54) is 6.42 Å². The highest BCUT2D eigenvalue weighted by Gasteiger charge is 2.28. The summed E-state index contributed by atoms with van der Waals surface area (Å²) in [5.74, 6) is 2.22. The minimum Gasteiger partial charge on any atom is -0.491 e. The molecule has 7 nitrogen and oxygen atoms in total. The van der Waals surface area contributed by atoms with E-state index >= 15 is 0 Å². The van der Waals surface area contributed by atoms with Gasteiger partial charge in [0.25, 0.3) is 5.91 Å². The Bertz CT molecular complexity index is 577. The summed E-state index contributed by atoms with van der Waals surface area (Å²) >= 11 is 0. The monoisotopic (exact) mass is 307 g/mol. The fourth-order valence-corrected chi connectivity index (χ4v) is 2.51. The quantitative estimate of drug-likeness (QED) is 0.827. The van der Waals surface area contributed by atoms with Gasteiger partial charge in [-0.15, -0.1) is 0 Å². The Balaban J connectivity index is 1.68. The third-order valence-electron chi connectivity index (χ3n) is 4.10. The van der Waals surface area contributed by atoms with E-state index in [9.17, 15) is 4.79 Å². The third-order valence-corrected chi connectivity index (χ3v) is 4.10. The molecule has 0 radical (unpaired) electrons. The Kier molecular flexibility index (Phi) is 4.31. The van der Waals surface area contributed by atoms with Crippen molar-refractivity contribution < 1.29 is 18.8 Å². The Morgan fingerprint density at radius 3 is 2.73 bits per heavy atom. The molecule has 1 aromatic heterocycles.